The zero-order valence-corrected chi connectivity index (χ0v) is 13.2. The van der Waals surface area contributed by atoms with Gasteiger partial charge in [0.05, 0.1) is 5.69 Å². The predicted octanol–water partition coefficient (Wildman–Crippen LogP) is 3.32. The molecule has 0 saturated carbocycles. The summed E-state index contributed by atoms with van der Waals surface area (Å²) in [6, 6.07) is 6.46. The minimum absolute atomic E-state index is 0.0883. The fourth-order valence-electron chi connectivity index (χ4n) is 2.47. The van der Waals surface area contributed by atoms with Gasteiger partial charge in [-0.15, -0.1) is 0 Å². The van der Waals surface area contributed by atoms with Crippen LogP contribution in [-0.2, 0) is 11.3 Å². The van der Waals surface area contributed by atoms with Crippen LogP contribution in [-0.4, -0.2) is 18.6 Å². The Morgan fingerprint density at radius 3 is 2.86 bits per heavy atom. The lowest BCUT2D eigenvalue weighted by molar-refractivity contribution is -0.118. The van der Waals surface area contributed by atoms with E-state index in [-0.39, 0.29) is 12.5 Å². The van der Waals surface area contributed by atoms with Crippen LogP contribution in [0.25, 0.3) is 0 Å². The zero-order valence-electron chi connectivity index (χ0n) is 13.2. The summed E-state index contributed by atoms with van der Waals surface area (Å²) in [5.41, 5.74) is 1.94. The second-order valence-corrected chi connectivity index (χ2v) is 6.27. The van der Waals surface area contributed by atoms with Gasteiger partial charge in [-0.2, -0.15) is 0 Å². The third kappa shape index (κ3) is 5.05. The summed E-state index contributed by atoms with van der Waals surface area (Å²) in [6.07, 6.45) is 3.75. The smallest absolute Gasteiger partial charge is 0.262 e. The Balaban J connectivity index is 1.80. The van der Waals surface area contributed by atoms with E-state index in [4.69, 9.17) is 4.74 Å². The average Bonchev–Trinajstić information content (AvgIpc) is 2.44. The lowest BCUT2D eigenvalue weighted by atomic mass is 10.0. The van der Waals surface area contributed by atoms with E-state index >= 15 is 0 Å². The van der Waals surface area contributed by atoms with Crippen LogP contribution in [0.1, 0.15) is 45.6 Å². The van der Waals surface area contributed by atoms with E-state index in [1.807, 2.05) is 18.2 Å². The molecule has 0 spiro atoms. The van der Waals surface area contributed by atoms with Crippen molar-refractivity contribution in [3.63, 3.8) is 0 Å². The van der Waals surface area contributed by atoms with Gasteiger partial charge in [-0.1, -0.05) is 32.8 Å². The Bertz CT molecular complexity index is 486. The molecule has 21 heavy (non-hydrogen) atoms. The molecule has 1 unspecified atom stereocenters. The highest BCUT2D eigenvalue weighted by atomic mass is 16.5. The van der Waals surface area contributed by atoms with Crippen LogP contribution in [0.5, 0.6) is 5.75 Å². The van der Waals surface area contributed by atoms with Gasteiger partial charge in [0.15, 0.2) is 6.61 Å². The summed E-state index contributed by atoms with van der Waals surface area (Å²) in [4.78, 5) is 11.3. The molecule has 1 aromatic rings. The summed E-state index contributed by atoms with van der Waals surface area (Å²) in [5.74, 6) is 1.44. The summed E-state index contributed by atoms with van der Waals surface area (Å²) < 4.78 is 5.36. The minimum atomic E-state index is -0.0883. The third-order valence-corrected chi connectivity index (χ3v) is 3.75. The molecule has 0 saturated heterocycles. The molecule has 1 aliphatic rings. The SMILES string of the molecule is CC(C)CCCC(C)NCc1ccc2c(c1)NC(=O)CO2. The van der Waals surface area contributed by atoms with Crippen LogP contribution in [0.4, 0.5) is 5.69 Å². The monoisotopic (exact) mass is 290 g/mol. The van der Waals surface area contributed by atoms with E-state index in [0.717, 1.165) is 29.5 Å². The van der Waals surface area contributed by atoms with E-state index in [0.29, 0.717) is 6.04 Å². The number of ether oxygens (including phenoxy) is 1. The van der Waals surface area contributed by atoms with Crippen molar-refractivity contribution in [2.45, 2.75) is 52.6 Å². The Hall–Kier alpha value is -1.55. The van der Waals surface area contributed by atoms with Crippen LogP contribution in [0.2, 0.25) is 0 Å². The number of amides is 1. The summed E-state index contributed by atoms with van der Waals surface area (Å²) >= 11 is 0. The molecule has 1 atom stereocenters. The molecule has 0 aliphatic carbocycles. The maximum atomic E-state index is 11.3. The molecule has 0 radical (unpaired) electrons. The number of anilines is 1. The molecule has 1 heterocycles. The molecular formula is C17H26N2O2. The topological polar surface area (TPSA) is 50.4 Å². The van der Waals surface area contributed by atoms with Crippen LogP contribution >= 0.6 is 0 Å². The molecular weight excluding hydrogens is 264 g/mol. The van der Waals surface area contributed by atoms with E-state index in [1.165, 1.54) is 19.3 Å². The number of nitrogens with one attached hydrogen (secondary N) is 2. The van der Waals surface area contributed by atoms with E-state index in [9.17, 15) is 4.79 Å². The first-order chi connectivity index (χ1) is 10.0. The first-order valence-electron chi connectivity index (χ1n) is 7.83. The normalized spacial score (nSPS) is 15.3. The maximum Gasteiger partial charge on any atom is 0.262 e. The van der Waals surface area contributed by atoms with Crippen molar-refractivity contribution in [1.29, 1.82) is 0 Å². The fraction of sp³-hybridized carbons (Fsp3) is 0.588. The Kier molecular flexibility index (Phi) is 5.62. The molecule has 1 amide bonds. The highest BCUT2D eigenvalue weighted by Crippen LogP contribution is 2.28. The molecule has 2 rings (SSSR count). The molecule has 0 fully saturated rings. The third-order valence-electron chi connectivity index (χ3n) is 3.75. The molecule has 4 nitrogen and oxygen atoms in total. The maximum absolute atomic E-state index is 11.3. The van der Waals surface area contributed by atoms with E-state index < -0.39 is 0 Å². The van der Waals surface area contributed by atoms with Gasteiger partial charge in [-0.05, 0) is 37.0 Å². The number of benzene rings is 1. The van der Waals surface area contributed by atoms with Gasteiger partial charge in [0, 0.05) is 12.6 Å². The van der Waals surface area contributed by atoms with Crippen molar-refractivity contribution >= 4 is 11.6 Å². The largest absolute Gasteiger partial charge is 0.482 e. The Morgan fingerprint density at radius 2 is 2.10 bits per heavy atom. The number of fused-ring (bicyclic) bond motifs is 1. The van der Waals surface area contributed by atoms with Gasteiger partial charge in [0.1, 0.15) is 5.75 Å². The van der Waals surface area contributed by atoms with Crippen molar-refractivity contribution in [2.24, 2.45) is 5.92 Å². The van der Waals surface area contributed by atoms with Gasteiger partial charge < -0.3 is 15.4 Å². The molecule has 1 aliphatic heterocycles. The highest BCUT2D eigenvalue weighted by molar-refractivity contribution is 5.95. The number of rotatable bonds is 7. The van der Waals surface area contributed by atoms with Crippen LogP contribution in [0.15, 0.2) is 18.2 Å². The van der Waals surface area contributed by atoms with Crippen molar-refractivity contribution in [1.82, 2.24) is 5.32 Å². The van der Waals surface area contributed by atoms with Crippen molar-refractivity contribution < 1.29 is 9.53 Å². The standard InChI is InChI=1S/C17H26N2O2/c1-12(2)5-4-6-13(3)18-10-14-7-8-16-15(9-14)19-17(20)11-21-16/h7-9,12-13,18H,4-6,10-11H2,1-3H3,(H,19,20). The number of carbonyl (C=O) groups excluding carboxylic acids is 1. The summed E-state index contributed by atoms with van der Waals surface area (Å²) in [5, 5.41) is 6.38. The molecule has 0 aromatic heterocycles. The lowest BCUT2D eigenvalue weighted by Crippen LogP contribution is -2.27. The van der Waals surface area contributed by atoms with Crippen molar-refractivity contribution in [3.05, 3.63) is 23.8 Å². The number of hydrogen-bond acceptors (Lipinski definition) is 3. The Morgan fingerprint density at radius 1 is 1.29 bits per heavy atom. The van der Waals surface area contributed by atoms with Gasteiger partial charge >= 0.3 is 0 Å². The Labute approximate surface area is 127 Å². The first-order valence-corrected chi connectivity index (χ1v) is 7.83. The predicted molar refractivity (Wildman–Crippen MR) is 85.6 cm³/mol. The molecule has 116 valence electrons. The quantitative estimate of drug-likeness (QED) is 0.810. The van der Waals surface area contributed by atoms with Crippen molar-refractivity contribution in [2.75, 3.05) is 11.9 Å². The fourth-order valence-corrected chi connectivity index (χ4v) is 2.47. The molecule has 1 aromatic carbocycles. The summed E-state index contributed by atoms with van der Waals surface area (Å²) in [6.45, 7) is 7.68. The minimum Gasteiger partial charge on any atom is -0.482 e. The highest BCUT2D eigenvalue weighted by Gasteiger charge is 2.15. The lowest BCUT2D eigenvalue weighted by Gasteiger charge is -2.19. The molecule has 0 bridgehead atoms. The van der Waals surface area contributed by atoms with Gasteiger partial charge in [-0.3, -0.25) is 4.79 Å². The van der Waals surface area contributed by atoms with E-state index in [1.54, 1.807) is 0 Å². The van der Waals surface area contributed by atoms with Crippen molar-refractivity contribution in [3.8, 4) is 5.75 Å². The summed E-state index contributed by atoms with van der Waals surface area (Å²) in [7, 11) is 0. The van der Waals surface area contributed by atoms with Gasteiger partial charge in [0.2, 0.25) is 0 Å². The van der Waals surface area contributed by atoms with Crippen LogP contribution in [0.3, 0.4) is 0 Å². The van der Waals surface area contributed by atoms with Crippen LogP contribution < -0.4 is 15.4 Å². The number of hydrogen-bond donors (Lipinski definition) is 2. The second kappa shape index (κ2) is 7.46. The molecule has 2 N–H and O–H groups in total. The number of carbonyl (C=O) groups is 1. The zero-order chi connectivity index (χ0) is 15.2. The van der Waals surface area contributed by atoms with Gasteiger partial charge in [-0.25, -0.2) is 0 Å². The van der Waals surface area contributed by atoms with Crippen LogP contribution in [0, 0.1) is 5.92 Å². The first kappa shape index (κ1) is 15.8. The molecule has 4 heteroatoms. The second-order valence-electron chi connectivity index (χ2n) is 6.27. The average molecular weight is 290 g/mol. The van der Waals surface area contributed by atoms with E-state index in [2.05, 4.69) is 31.4 Å². The van der Waals surface area contributed by atoms with Gasteiger partial charge in [0.25, 0.3) is 5.91 Å².